The van der Waals surface area contributed by atoms with E-state index in [0.717, 1.165) is 0 Å². The fraction of sp³-hybridized carbons (Fsp3) is 0.267. The highest BCUT2D eigenvalue weighted by Crippen LogP contribution is 2.20. The maximum absolute atomic E-state index is 14.4. The number of hydrogen-bond donors (Lipinski definition) is 1. The van der Waals surface area contributed by atoms with Gasteiger partial charge in [-0.3, -0.25) is 9.08 Å². The number of aromatic carboxylic acids is 1. The van der Waals surface area contributed by atoms with Crippen LogP contribution in [0.1, 0.15) is 41.4 Å². The highest BCUT2D eigenvalue weighted by atomic mass is 19.1. The van der Waals surface area contributed by atoms with E-state index in [0.29, 0.717) is 16.9 Å². The quantitative estimate of drug-likeness (QED) is 0.752. The van der Waals surface area contributed by atoms with Gasteiger partial charge in [0.15, 0.2) is 0 Å². The van der Waals surface area contributed by atoms with E-state index in [4.69, 9.17) is 5.11 Å². The molecule has 3 aromatic heterocycles. The third-order valence-electron chi connectivity index (χ3n) is 3.47. The van der Waals surface area contributed by atoms with Crippen molar-refractivity contribution >= 4 is 11.6 Å². The van der Waals surface area contributed by atoms with Gasteiger partial charge < -0.3 is 5.11 Å². The Morgan fingerprint density at radius 1 is 1.36 bits per heavy atom. The lowest BCUT2D eigenvalue weighted by molar-refractivity contribution is 0.0696. The maximum Gasteiger partial charge on any atom is 0.338 e. The van der Waals surface area contributed by atoms with Gasteiger partial charge in [-0.25, -0.2) is 9.78 Å². The molecule has 0 fully saturated rings. The number of nitrogens with zero attached hydrogens (tertiary/aromatic N) is 4. The monoisotopic (exact) mass is 302 g/mol. The van der Waals surface area contributed by atoms with Crippen molar-refractivity contribution in [3.05, 3.63) is 53.5 Å². The summed E-state index contributed by atoms with van der Waals surface area (Å²) in [6.45, 7) is 4.14. The Hall–Kier alpha value is -2.70. The van der Waals surface area contributed by atoms with Gasteiger partial charge in [0.05, 0.1) is 24.0 Å². The molecule has 0 aliphatic heterocycles. The minimum absolute atomic E-state index is 0.0829. The highest BCUT2D eigenvalue weighted by Gasteiger charge is 2.13. The average Bonchev–Trinajstić information content (AvgIpc) is 3.06. The molecule has 7 heteroatoms. The minimum Gasteiger partial charge on any atom is -0.478 e. The lowest BCUT2D eigenvalue weighted by atomic mass is 10.1. The third kappa shape index (κ3) is 2.45. The summed E-state index contributed by atoms with van der Waals surface area (Å²) in [7, 11) is 0. The number of imidazole rings is 1. The van der Waals surface area contributed by atoms with Crippen LogP contribution in [0.5, 0.6) is 0 Å². The Morgan fingerprint density at radius 2 is 2.14 bits per heavy atom. The molecule has 3 rings (SSSR count). The lowest BCUT2D eigenvalue weighted by Crippen LogP contribution is -2.01. The predicted octanol–water partition coefficient (Wildman–Crippen LogP) is 2.54. The van der Waals surface area contributed by atoms with Crippen LogP contribution in [0, 0.1) is 5.95 Å². The summed E-state index contributed by atoms with van der Waals surface area (Å²) in [6, 6.07) is 3.51. The molecular formula is C15H15FN4O2. The fourth-order valence-electron chi connectivity index (χ4n) is 2.33. The van der Waals surface area contributed by atoms with Crippen LogP contribution in [0.15, 0.2) is 30.7 Å². The number of carboxylic acid groups (broad SMARTS) is 1. The van der Waals surface area contributed by atoms with Crippen molar-refractivity contribution in [2.24, 2.45) is 0 Å². The first kappa shape index (κ1) is 14.2. The first-order valence-corrected chi connectivity index (χ1v) is 6.88. The van der Waals surface area contributed by atoms with E-state index in [1.165, 1.54) is 21.5 Å². The Bertz CT molecular complexity index is 850. The molecule has 0 aliphatic rings. The molecule has 0 unspecified atom stereocenters. The number of aromatic nitrogens is 4. The molecule has 114 valence electrons. The van der Waals surface area contributed by atoms with Gasteiger partial charge in [-0.15, -0.1) is 0 Å². The van der Waals surface area contributed by atoms with Crippen molar-refractivity contribution in [3.63, 3.8) is 0 Å². The van der Waals surface area contributed by atoms with Crippen molar-refractivity contribution in [2.75, 3.05) is 0 Å². The summed E-state index contributed by atoms with van der Waals surface area (Å²) in [5.74, 6) is -1.27. The molecule has 3 heterocycles. The zero-order valence-electron chi connectivity index (χ0n) is 12.2. The predicted molar refractivity (Wildman–Crippen MR) is 77.5 cm³/mol. The summed E-state index contributed by atoms with van der Waals surface area (Å²) in [5, 5.41) is 12.8. The van der Waals surface area contributed by atoms with Crippen molar-refractivity contribution in [2.45, 2.75) is 26.3 Å². The number of fused-ring (bicyclic) bond motifs is 1. The zero-order valence-corrected chi connectivity index (χ0v) is 12.2. The molecule has 0 amide bonds. The van der Waals surface area contributed by atoms with Gasteiger partial charge in [0.1, 0.15) is 5.65 Å². The van der Waals surface area contributed by atoms with Crippen molar-refractivity contribution in [1.29, 1.82) is 0 Å². The molecule has 0 saturated heterocycles. The summed E-state index contributed by atoms with van der Waals surface area (Å²) < 4.78 is 17.3. The second-order valence-electron chi connectivity index (χ2n) is 5.43. The standard InChI is InChI=1S/C15H15FN4O2/c1-9(2)12-3-4-13-18-11(8-20(13)14(12)16)7-19-6-10(5-17-19)15(21)22/h3-6,8-9H,7H2,1-2H3,(H,21,22). The maximum atomic E-state index is 14.4. The van der Waals surface area contributed by atoms with Crippen molar-refractivity contribution < 1.29 is 14.3 Å². The first-order chi connectivity index (χ1) is 10.5. The van der Waals surface area contributed by atoms with Gasteiger partial charge in [-0.1, -0.05) is 19.9 Å². The molecule has 0 bridgehead atoms. The molecule has 1 N–H and O–H groups in total. The summed E-state index contributed by atoms with van der Waals surface area (Å²) in [4.78, 5) is 15.2. The normalized spacial score (nSPS) is 11.5. The summed E-state index contributed by atoms with van der Waals surface area (Å²) in [6.07, 6.45) is 4.30. The van der Waals surface area contributed by atoms with Crippen LogP contribution in [0.2, 0.25) is 0 Å². The SMILES string of the molecule is CC(C)c1ccc2nc(Cn3cc(C(=O)O)cn3)cn2c1F. The van der Waals surface area contributed by atoms with E-state index in [-0.39, 0.29) is 24.0 Å². The highest BCUT2D eigenvalue weighted by molar-refractivity contribution is 5.86. The second-order valence-corrected chi connectivity index (χ2v) is 5.43. The van der Waals surface area contributed by atoms with Gasteiger partial charge in [0.2, 0.25) is 5.95 Å². The number of carboxylic acids is 1. The van der Waals surface area contributed by atoms with Crippen LogP contribution in [-0.4, -0.2) is 30.2 Å². The number of carbonyl (C=O) groups is 1. The molecule has 0 atom stereocenters. The van der Waals surface area contributed by atoms with Crippen molar-refractivity contribution in [3.8, 4) is 0 Å². The summed E-state index contributed by atoms with van der Waals surface area (Å²) >= 11 is 0. The first-order valence-electron chi connectivity index (χ1n) is 6.88. The number of hydrogen-bond acceptors (Lipinski definition) is 3. The van der Waals surface area contributed by atoms with Crippen LogP contribution in [-0.2, 0) is 6.54 Å². The van der Waals surface area contributed by atoms with E-state index in [2.05, 4.69) is 10.1 Å². The molecule has 3 aromatic rings. The summed E-state index contributed by atoms with van der Waals surface area (Å²) in [5.41, 5.74) is 1.86. The van der Waals surface area contributed by atoms with Crippen molar-refractivity contribution in [1.82, 2.24) is 19.2 Å². The van der Waals surface area contributed by atoms with Gasteiger partial charge in [-0.05, 0) is 12.0 Å². The number of halogens is 1. The Balaban J connectivity index is 1.94. The fourth-order valence-corrected chi connectivity index (χ4v) is 2.33. The molecule has 0 aliphatic carbocycles. The van der Waals surface area contributed by atoms with E-state index in [1.54, 1.807) is 18.3 Å². The van der Waals surface area contributed by atoms with E-state index < -0.39 is 5.97 Å². The Labute approximate surface area is 125 Å². The molecule has 0 spiro atoms. The minimum atomic E-state index is -1.03. The van der Waals surface area contributed by atoms with Gasteiger partial charge in [-0.2, -0.15) is 9.49 Å². The van der Waals surface area contributed by atoms with E-state index in [1.807, 2.05) is 13.8 Å². The number of rotatable bonds is 4. The van der Waals surface area contributed by atoms with E-state index in [9.17, 15) is 9.18 Å². The van der Waals surface area contributed by atoms with Gasteiger partial charge in [0.25, 0.3) is 0 Å². The number of pyridine rings is 1. The van der Waals surface area contributed by atoms with Crippen LogP contribution >= 0.6 is 0 Å². The Morgan fingerprint density at radius 3 is 2.77 bits per heavy atom. The zero-order chi connectivity index (χ0) is 15.9. The van der Waals surface area contributed by atoms with Crippen LogP contribution < -0.4 is 0 Å². The van der Waals surface area contributed by atoms with Crippen LogP contribution in [0.4, 0.5) is 4.39 Å². The molecule has 0 saturated carbocycles. The van der Waals surface area contributed by atoms with Crippen LogP contribution in [0.25, 0.3) is 5.65 Å². The average molecular weight is 302 g/mol. The molecule has 22 heavy (non-hydrogen) atoms. The lowest BCUT2D eigenvalue weighted by Gasteiger charge is -2.07. The molecule has 6 nitrogen and oxygen atoms in total. The smallest absolute Gasteiger partial charge is 0.338 e. The third-order valence-corrected chi connectivity index (χ3v) is 3.47. The van der Waals surface area contributed by atoms with Crippen LogP contribution in [0.3, 0.4) is 0 Å². The topological polar surface area (TPSA) is 72.4 Å². The largest absolute Gasteiger partial charge is 0.478 e. The molecular weight excluding hydrogens is 287 g/mol. The molecule has 0 aromatic carbocycles. The van der Waals surface area contributed by atoms with Gasteiger partial charge >= 0.3 is 5.97 Å². The Kier molecular flexibility index (Phi) is 3.40. The molecule has 0 radical (unpaired) electrons. The van der Waals surface area contributed by atoms with E-state index >= 15 is 0 Å². The van der Waals surface area contributed by atoms with Gasteiger partial charge in [0, 0.05) is 18.0 Å². The second kappa shape index (κ2) is 5.25.